The summed E-state index contributed by atoms with van der Waals surface area (Å²) in [5.41, 5.74) is 4.70. The molecule has 0 fully saturated rings. The second kappa shape index (κ2) is 8.18. The van der Waals surface area contributed by atoms with Crippen molar-refractivity contribution in [3.8, 4) is 0 Å². The van der Waals surface area contributed by atoms with Gasteiger partial charge in [0.2, 0.25) is 5.91 Å². The van der Waals surface area contributed by atoms with Crippen molar-refractivity contribution in [3.63, 3.8) is 0 Å². The van der Waals surface area contributed by atoms with Gasteiger partial charge in [-0.15, -0.1) is 0 Å². The number of amides is 2. The number of anilines is 2. The SMILES string of the molecule is CCOC(=O)c1ccc(NC(=O)C2=CCC(=O)N(c3ccccc3)N2)cc1. The number of hydrogen-bond acceptors (Lipinski definition) is 5. The largest absolute Gasteiger partial charge is 0.462 e. The third kappa shape index (κ3) is 4.33. The number of para-hydroxylation sites is 1. The molecule has 0 aromatic heterocycles. The molecule has 1 heterocycles. The Morgan fingerprint density at radius 3 is 2.48 bits per heavy atom. The van der Waals surface area contributed by atoms with Gasteiger partial charge in [-0.3, -0.25) is 15.0 Å². The minimum absolute atomic E-state index is 0.118. The van der Waals surface area contributed by atoms with Crippen LogP contribution in [0.2, 0.25) is 0 Å². The lowest BCUT2D eigenvalue weighted by atomic mass is 10.2. The fourth-order valence-corrected chi connectivity index (χ4v) is 2.54. The quantitative estimate of drug-likeness (QED) is 0.796. The van der Waals surface area contributed by atoms with Crippen LogP contribution in [-0.2, 0) is 14.3 Å². The van der Waals surface area contributed by atoms with Crippen molar-refractivity contribution in [2.75, 3.05) is 16.9 Å². The lowest BCUT2D eigenvalue weighted by molar-refractivity contribution is -0.119. The number of hydrogen-bond donors (Lipinski definition) is 2. The van der Waals surface area contributed by atoms with E-state index in [1.54, 1.807) is 49.4 Å². The van der Waals surface area contributed by atoms with Crippen molar-refractivity contribution in [2.24, 2.45) is 0 Å². The van der Waals surface area contributed by atoms with E-state index in [0.717, 1.165) is 0 Å². The summed E-state index contributed by atoms with van der Waals surface area (Å²) in [6.07, 6.45) is 1.66. The molecule has 0 unspecified atom stereocenters. The molecular weight excluding hydrogens is 346 g/mol. The van der Waals surface area contributed by atoms with Gasteiger partial charge in [-0.25, -0.2) is 9.80 Å². The van der Waals surface area contributed by atoms with Gasteiger partial charge in [-0.1, -0.05) is 18.2 Å². The van der Waals surface area contributed by atoms with Gasteiger partial charge in [0.1, 0.15) is 5.70 Å². The molecule has 7 heteroatoms. The molecule has 0 radical (unpaired) electrons. The van der Waals surface area contributed by atoms with E-state index >= 15 is 0 Å². The number of carbonyl (C=O) groups is 3. The predicted octanol–water partition coefficient (Wildman–Crippen LogP) is 2.63. The Hall–Kier alpha value is -3.61. The Balaban J connectivity index is 1.67. The first-order chi connectivity index (χ1) is 13.1. The maximum atomic E-state index is 12.5. The van der Waals surface area contributed by atoms with Crippen LogP contribution in [0.3, 0.4) is 0 Å². The summed E-state index contributed by atoms with van der Waals surface area (Å²) in [7, 11) is 0. The molecule has 2 amide bonds. The van der Waals surface area contributed by atoms with Crippen LogP contribution in [0, 0.1) is 0 Å². The summed E-state index contributed by atoms with van der Waals surface area (Å²) in [5.74, 6) is -0.951. The number of benzene rings is 2. The molecule has 138 valence electrons. The average molecular weight is 365 g/mol. The lowest BCUT2D eigenvalue weighted by Crippen LogP contribution is -2.47. The van der Waals surface area contributed by atoms with Crippen LogP contribution in [-0.4, -0.2) is 24.4 Å². The van der Waals surface area contributed by atoms with Crippen LogP contribution >= 0.6 is 0 Å². The number of hydrazine groups is 1. The molecule has 2 aromatic carbocycles. The van der Waals surface area contributed by atoms with Gasteiger partial charge in [-0.2, -0.15) is 0 Å². The van der Waals surface area contributed by atoms with Crippen LogP contribution in [0.5, 0.6) is 0 Å². The minimum Gasteiger partial charge on any atom is -0.462 e. The van der Waals surface area contributed by atoms with Crippen molar-refractivity contribution in [3.05, 3.63) is 71.9 Å². The van der Waals surface area contributed by atoms with Gasteiger partial charge >= 0.3 is 5.97 Å². The van der Waals surface area contributed by atoms with E-state index in [2.05, 4.69) is 10.7 Å². The maximum absolute atomic E-state index is 12.5. The number of rotatable bonds is 5. The van der Waals surface area contributed by atoms with Crippen LogP contribution in [0.25, 0.3) is 0 Å². The van der Waals surface area contributed by atoms with Crippen molar-refractivity contribution >= 4 is 29.2 Å². The highest BCUT2D eigenvalue weighted by atomic mass is 16.5. The molecule has 0 saturated carbocycles. The number of nitrogens with zero attached hydrogens (tertiary/aromatic N) is 1. The fraction of sp³-hybridized carbons (Fsp3) is 0.150. The van der Waals surface area contributed by atoms with E-state index in [1.807, 2.05) is 18.2 Å². The molecular formula is C20H19N3O4. The van der Waals surface area contributed by atoms with E-state index in [-0.39, 0.29) is 23.9 Å². The van der Waals surface area contributed by atoms with E-state index in [0.29, 0.717) is 23.5 Å². The normalized spacial score (nSPS) is 13.4. The first-order valence-electron chi connectivity index (χ1n) is 8.52. The number of carbonyl (C=O) groups excluding carboxylic acids is 3. The van der Waals surface area contributed by atoms with Crippen LogP contribution in [0.4, 0.5) is 11.4 Å². The zero-order valence-corrected chi connectivity index (χ0v) is 14.8. The average Bonchev–Trinajstić information content (AvgIpc) is 2.69. The Morgan fingerprint density at radius 1 is 1.11 bits per heavy atom. The molecule has 1 aliphatic rings. The zero-order valence-electron chi connectivity index (χ0n) is 14.8. The van der Waals surface area contributed by atoms with Gasteiger partial charge < -0.3 is 10.1 Å². The molecule has 0 bridgehead atoms. The molecule has 1 aliphatic heterocycles. The highest BCUT2D eigenvalue weighted by Crippen LogP contribution is 2.18. The smallest absolute Gasteiger partial charge is 0.338 e. The van der Waals surface area contributed by atoms with Crippen LogP contribution < -0.4 is 15.8 Å². The van der Waals surface area contributed by atoms with Crippen molar-refractivity contribution in [1.29, 1.82) is 0 Å². The molecule has 3 rings (SSSR count). The van der Waals surface area contributed by atoms with Crippen molar-refractivity contribution in [2.45, 2.75) is 13.3 Å². The molecule has 0 spiro atoms. The van der Waals surface area contributed by atoms with Crippen LogP contribution in [0.1, 0.15) is 23.7 Å². The summed E-state index contributed by atoms with van der Waals surface area (Å²) in [6, 6.07) is 15.4. The van der Waals surface area contributed by atoms with Gasteiger partial charge in [0.25, 0.3) is 5.91 Å². The second-order valence-electron chi connectivity index (χ2n) is 5.75. The molecule has 0 saturated heterocycles. The molecule has 2 N–H and O–H groups in total. The van der Waals surface area contributed by atoms with E-state index < -0.39 is 5.97 Å². The minimum atomic E-state index is -0.413. The Kier molecular flexibility index (Phi) is 5.51. The highest BCUT2D eigenvalue weighted by molar-refractivity contribution is 6.07. The summed E-state index contributed by atoms with van der Waals surface area (Å²) < 4.78 is 4.93. The molecule has 7 nitrogen and oxygen atoms in total. The topological polar surface area (TPSA) is 87.7 Å². The first kappa shape index (κ1) is 18.2. The number of esters is 1. The Morgan fingerprint density at radius 2 is 1.81 bits per heavy atom. The molecule has 2 aromatic rings. The fourth-order valence-electron chi connectivity index (χ4n) is 2.54. The summed E-state index contributed by atoms with van der Waals surface area (Å²) in [6.45, 7) is 2.04. The predicted molar refractivity (Wildman–Crippen MR) is 101 cm³/mol. The molecule has 0 aliphatic carbocycles. The van der Waals surface area contributed by atoms with Gasteiger partial charge in [0, 0.05) is 12.1 Å². The highest BCUT2D eigenvalue weighted by Gasteiger charge is 2.24. The van der Waals surface area contributed by atoms with Gasteiger partial charge in [0.05, 0.1) is 17.9 Å². The third-order valence-electron chi connectivity index (χ3n) is 3.88. The van der Waals surface area contributed by atoms with Crippen LogP contribution in [0.15, 0.2) is 66.4 Å². The molecule has 0 atom stereocenters. The Labute approximate surface area is 156 Å². The summed E-state index contributed by atoms with van der Waals surface area (Å²) >= 11 is 0. The van der Waals surface area contributed by atoms with Crippen molar-refractivity contribution < 1.29 is 19.1 Å². The second-order valence-corrected chi connectivity index (χ2v) is 5.75. The van der Waals surface area contributed by atoms with E-state index in [1.165, 1.54) is 5.01 Å². The Bertz CT molecular complexity index is 876. The molecule has 27 heavy (non-hydrogen) atoms. The number of nitrogens with one attached hydrogen (secondary N) is 2. The number of ether oxygens (including phenoxy) is 1. The summed E-state index contributed by atoms with van der Waals surface area (Å²) in [5, 5.41) is 4.08. The third-order valence-corrected chi connectivity index (χ3v) is 3.88. The zero-order chi connectivity index (χ0) is 19.2. The first-order valence-corrected chi connectivity index (χ1v) is 8.52. The van der Waals surface area contributed by atoms with Gasteiger partial charge in [0.15, 0.2) is 0 Å². The van der Waals surface area contributed by atoms with E-state index in [4.69, 9.17) is 4.74 Å². The summed E-state index contributed by atoms with van der Waals surface area (Å²) in [4.78, 5) is 36.3. The monoisotopic (exact) mass is 365 g/mol. The van der Waals surface area contributed by atoms with E-state index in [9.17, 15) is 14.4 Å². The standard InChI is InChI=1S/C20H19N3O4/c1-2-27-20(26)14-8-10-15(11-9-14)21-19(25)17-12-13-18(24)23(22-17)16-6-4-3-5-7-16/h3-12,22H,2,13H2,1H3,(H,21,25). The lowest BCUT2D eigenvalue weighted by Gasteiger charge is -2.28. The van der Waals surface area contributed by atoms with Gasteiger partial charge in [-0.05, 0) is 49.4 Å². The van der Waals surface area contributed by atoms with Crippen molar-refractivity contribution in [1.82, 2.24) is 5.43 Å². The maximum Gasteiger partial charge on any atom is 0.338 e.